The molecule has 5 heteroatoms. The summed E-state index contributed by atoms with van der Waals surface area (Å²) in [6, 6.07) is 0. The largest absolute Gasteiger partial charge is 0.476 e. The fourth-order valence-corrected chi connectivity index (χ4v) is 3.61. The molecule has 1 atom stereocenters. The summed E-state index contributed by atoms with van der Waals surface area (Å²) in [4.78, 5) is 11.3. The minimum absolute atomic E-state index is 0.148. The zero-order valence-electron chi connectivity index (χ0n) is 11.7. The number of aliphatic hydroxyl groups is 1. The molecule has 20 heavy (non-hydrogen) atoms. The summed E-state index contributed by atoms with van der Waals surface area (Å²) >= 11 is 0. The summed E-state index contributed by atoms with van der Waals surface area (Å²) in [6.07, 6.45) is 7.78. The van der Waals surface area contributed by atoms with Crippen LogP contribution in [-0.4, -0.2) is 32.1 Å². The quantitative estimate of drug-likeness (QED) is 0.887. The molecule has 1 saturated carbocycles. The molecule has 1 heterocycles. The van der Waals surface area contributed by atoms with Crippen LogP contribution in [0.1, 0.15) is 60.3 Å². The molecule has 0 bridgehead atoms. The second kappa shape index (κ2) is 5.56. The summed E-state index contributed by atoms with van der Waals surface area (Å²) < 4.78 is 1.92. The molecule has 110 valence electrons. The lowest BCUT2D eigenvalue weighted by Crippen LogP contribution is -2.22. The van der Waals surface area contributed by atoms with Crippen LogP contribution >= 0.6 is 0 Å². The van der Waals surface area contributed by atoms with Gasteiger partial charge in [0.1, 0.15) is 0 Å². The summed E-state index contributed by atoms with van der Waals surface area (Å²) in [5, 5.41) is 23.4. The van der Waals surface area contributed by atoms with Gasteiger partial charge < -0.3 is 10.2 Å². The summed E-state index contributed by atoms with van der Waals surface area (Å²) in [6.45, 7) is 0.839. The third-order valence-electron chi connectivity index (χ3n) is 4.68. The lowest BCUT2D eigenvalue weighted by atomic mass is 9.89. The Balaban J connectivity index is 1.87. The van der Waals surface area contributed by atoms with Crippen LogP contribution in [0, 0.1) is 5.92 Å². The van der Waals surface area contributed by atoms with Crippen molar-refractivity contribution in [2.24, 2.45) is 5.92 Å². The molecule has 0 radical (unpaired) electrons. The van der Waals surface area contributed by atoms with E-state index < -0.39 is 12.1 Å². The smallest absolute Gasteiger partial charge is 0.356 e. The highest BCUT2D eigenvalue weighted by atomic mass is 16.4. The Labute approximate surface area is 118 Å². The van der Waals surface area contributed by atoms with E-state index in [1.165, 1.54) is 32.1 Å². The van der Waals surface area contributed by atoms with E-state index in [9.17, 15) is 15.0 Å². The molecule has 1 aromatic rings. The number of hydrogen-bond donors (Lipinski definition) is 2. The summed E-state index contributed by atoms with van der Waals surface area (Å²) in [5.41, 5.74) is 1.94. The lowest BCUT2D eigenvalue weighted by molar-refractivity contribution is 0.0687. The Bertz CT molecular complexity index is 503. The topological polar surface area (TPSA) is 75.3 Å². The minimum Gasteiger partial charge on any atom is -0.476 e. The van der Waals surface area contributed by atoms with E-state index in [0.717, 1.165) is 24.2 Å². The van der Waals surface area contributed by atoms with Crippen molar-refractivity contribution in [2.75, 3.05) is 0 Å². The van der Waals surface area contributed by atoms with E-state index in [-0.39, 0.29) is 5.69 Å². The van der Waals surface area contributed by atoms with Crippen LogP contribution < -0.4 is 0 Å². The number of fused-ring (bicyclic) bond motifs is 1. The van der Waals surface area contributed by atoms with Gasteiger partial charge in [0.2, 0.25) is 0 Å². The highest BCUT2D eigenvalue weighted by molar-refractivity contribution is 5.87. The number of hydrogen-bond acceptors (Lipinski definition) is 3. The van der Waals surface area contributed by atoms with Crippen molar-refractivity contribution < 1.29 is 15.0 Å². The molecule has 2 N–H and O–H groups in total. The van der Waals surface area contributed by atoms with E-state index in [2.05, 4.69) is 5.10 Å². The van der Waals surface area contributed by atoms with Gasteiger partial charge in [0.15, 0.2) is 5.69 Å². The van der Waals surface area contributed by atoms with Crippen LogP contribution in [0.4, 0.5) is 0 Å². The first kappa shape index (κ1) is 13.6. The molecular formula is C15H22N2O3. The average molecular weight is 278 g/mol. The number of nitrogens with zero attached hydrogens (tertiary/aromatic N) is 2. The third-order valence-corrected chi connectivity index (χ3v) is 4.68. The first-order chi connectivity index (χ1) is 9.65. The van der Waals surface area contributed by atoms with Gasteiger partial charge in [-0.25, -0.2) is 4.79 Å². The van der Waals surface area contributed by atoms with E-state index >= 15 is 0 Å². The van der Waals surface area contributed by atoms with Gasteiger partial charge in [-0.1, -0.05) is 19.3 Å². The zero-order chi connectivity index (χ0) is 14.1. The second-order valence-electron chi connectivity index (χ2n) is 6.16. The van der Waals surface area contributed by atoms with Gasteiger partial charge in [-0.3, -0.25) is 4.68 Å². The van der Waals surface area contributed by atoms with Gasteiger partial charge in [-0.15, -0.1) is 0 Å². The Morgan fingerprint density at radius 2 is 2.00 bits per heavy atom. The zero-order valence-corrected chi connectivity index (χ0v) is 11.7. The molecule has 0 aromatic carbocycles. The van der Waals surface area contributed by atoms with Crippen molar-refractivity contribution in [1.29, 1.82) is 0 Å². The highest BCUT2D eigenvalue weighted by Gasteiger charge is 2.29. The standard InChI is InChI=1S/C15H22N2O3/c18-11-6-7-13-12(8-11)14(15(19)20)16-17(13)9-10-4-2-1-3-5-10/h10-11,18H,1-9H2,(H,19,20). The van der Waals surface area contributed by atoms with Gasteiger partial charge in [-0.2, -0.15) is 5.10 Å². The van der Waals surface area contributed by atoms with Crippen molar-refractivity contribution in [3.05, 3.63) is 17.0 Å². The van der Waals surface area contributed by atoms with Crippen LogP contribution in [0.5, 0.6) is 0 Å². The number of rotatable bonds is 3. The van der Waals surface area contributed by atoms with E-state index in [1.807, 2.05) is 4.68 Å². The first-order valence-corrected chi connectivity index (χ1v) is 7.65. The number of carboxylic acid groups (broad SMARTS) is 1. The molecule has 0 spiro atoms. The van der Waals surface area contributed by atoms with Crippen molar-refractivity contribution in [2.45, 2.75) is 64.0 Å². The SMILES string of the molecule is O=C(O)c1nn(CC2CCCCC2)c2c1CC(O)CC2. The van der Waals surface area contributed by atoms with Gasteiger partial charge >= 0.3 is 5.97 Å². The lowest BCUT2D eigenvalue weighted by Gasteiger charge is -2.24. The first-order valence-electron chi connectivity index (χ1n) is 7.65. The fourth-order valence-electron chi connectivity index (χ4n) is 3.61. The Kier molecular flexibility index (Phi) is 3.78. The van der Waals surface area contributed by atoms with Crippen LogP contribution in [-0.2, 0) is 19.4 Å². The normalized spacial score (nSPS) is 23.6. The number of aromatic carboxylic acids is 1. The molecule has 2 aliphatic rings. The monoisotopic (exact) mass is 278 g/mol. The van der Waals surface area contributed by atoms with Crippen molar-refractivity contribution in [3.63, 3.8) is 0 Å². The summed E-state index contributed by atoms with van der Waals surface area (Å²) in [7, 11) is 0. The third kappa shape index (κ3) is 2.59. The van der Waals surface area contributed by atoms with Crippen LogP contribution in [0.25, 0.3) is 0 Å². The van der Waals surface area contributed by atoms with Gasteiger partial charge in [0, 0.05) is 24.2 Å². The molecule has 5 nitrogen and oxygen atoms in total. The number of aromatic nitrogens is 2. The van der Waals surface area contributed by atoms with Crippen LogP contribution in [0.3, 0.4) is 0 Å². The molecule has 0 saturated heterocycles. The van der Waals surface area contributed by atoms with Gasteiger partial charge in [0.05, 0.1) is 6.10 Å². The predicted molar refractivity (Wildman–Crippen MR) is 73.8 cm³/mol. The Morgan fingerprint density at radius 3 is 2.70 bits per heavy atom. The Hall–Kier alpha value is -1.36. The maximum absolute atomic E-state index is 11.3. The van der Waals surface area contributed by atoms with E-state index in [4.69, 9.17) is 0 Å². The molecule has 1 fully saturated rings. The maximum atomic E-state index is 11.3. The van der Waals surface area contributed by atoms with Gasteiger partial charge in [0.25, 0.3) is 0 Å². The van der Waals surface area contributed by atoms with Crippen molar-refractivity contribution >= 4 is 5.97 Å². The van der Waals surface area contributed by atoms with Crippen molar-refractivity contribution in [3.8, 4) is 0 Å². The van der Waals surface area contributed by atoms with Crippen LogP contribution in [0.15, 0.2) is 0 Å². The molecule has 1 unspecified atom stereocenters. The van der Waals surface area contributed by atoms with Gasteiger partial charge in [-0.05, 0) is 31.6 Å². The molecule has 1 aromatic heterocycles. The second-order valence-corrected chi connectivity index (χ2v) is 6.16. The minimum atomic E-state index is -0.974. The Morgan fingerprint density at radius 1 is 1.25 bits per heavy atom. The molecule has 0 amide bonds. The van der Waals surface area contributed by atoms with E-state index in [0.29, 0.717) is 18.8 Å². The number of aliphatic hydroxyl groups excluding tert-OH is 1. The summed E-state index contributed by atoms with van der Waals surface area (Å²) in [5.74, 6) is -0.348. The number of carboxylic acids is 1. The molecular weight excluding hydrogens is 256 g/mol. The van der Waals surface area contributed by atoms with Crippen molar-refractivity contribution in [1.82, 2.24) is 9.78 Å². The predicted octanol–water partition coefficient (Wildman–Crippen LogP) is 2.01. The molecule has 0 aliphatic heterocycles. The maximum Gasteiger partial charge on any atom is 0.356 e. The highest BCUT2D eigenvalue weighted by Crippen LogP contribution is 2.29. The average Bonchev–Trinajstić information content (AvgIpc) is 2.78. The molecule has 3 rings (SSSR count). The van der Waals surface area contributed by atoms with E-state index in [1.54, 1.807) is 0 Å². The number of carbonyl (C=O) groups is 1. The molecule has 2 aliphatic carbocycles. The fraction of sp³-hybridized carbons (Fsp3) is 0.733. The van der Waals surface area contributed by atoms with Crippen LogP contribution in [0.2, 0.25) is 0 Å².